The molecule has 0 radical (unpaired) electrons. The fourth-order valence-corrected chi connectivity index (χ4v) is 0.215. The summed E-state index contributed by atoms with van der Waals surface area (Å²) in [6, 6.07) is 0. The van der Waals surface area contributed by atoms with Gasteiger partial charge in [-0.15, -0.1) is 0 Å². The van der Waals surface area contributed by atoms with Crippen molar-refractivity contribution >= 4 is 8.25 Å². The zero-order valence-electron chi connectivity index (χ0n) is 4.48. The van der Waals surface area contributed by atoms with E-state index in [4.69, 9.17) is 14.4 Å². The van der Waals surface area contributed by atoms with Crippen molar-refractivity contribution in [3.05, 3.63) is 18.7 Å². The molecular formula is C3H7N2O3P. The molecule has 0 bridgehead atoms. The molecule has 0 aromatic carbocycles. The molecule has 5 nitrogen and oxygen atoms in total. The third-order valence-corrected chi connectivity index (χ3v) is 0.406. The van der Waals surface area contributed by atoms with Crippen LogP contribution in [0.15, 0.2) is 18.7 Å². The van der Waals surface area contributed by atoms with Gasteiger partial charge in [0, 0.05) is 12.4 Å². The van der Waals surface area contributed by atoms with Gasteiger partial charge in [0.15, 0.2) is 0 Å². The average molecular weight is 150 g/mol. The first-order valence-electron chi connectivity index (χ1n) is 2.08. The Balaban J connectivity index is 0.000000148. The SMILES string of the molecule is O=[PH](O)O.c1c[nH]cn1. The second kappa shape index (κ2) is 5.50. The second-order valence-corrected chi connectivity index (χ2v) is 1.61. The molecule has 0 atom stereocenters. The Bertz CT molecular complexity index is 131. The molecule has 0 fully saturated rings. The van der Waals surface area contributed by atoms with E-state index in [-0.39, 0.29) is 0 Å². The Labute approximate surface area is 52.3 Å². The zero-order valence-corrected chi connectivity index (χ0v) is 5.48. The minimum Gasteiger partial charge on any atom is -0.351 e. The summed E-state index contributed by atoms with van der Waals surface area (Å²) in [6.07, 6.45) is 5.08. The first-order chi connectivity index (χ1) is 4.23. The molecule has 0 unspecified atom stereocenters. The Morgan fingerprint density at radius 1 is 1.56 bits per heavy atom. The van der Waals surface area contributed by atoms with Crippen molar-refractivity contribution in [1.29, 1.82) is 0 Å². The van der Waals surface area contributed by atoms with Crippen LogP contribution in [0.25, 0.3) is 0 Å². The van der Waals surface area contributed by atoms with Crippen molar-refractivity contribution in [3.8, 4) is 0 Å². The number of rotatable bonds is 0. The number of nitrogens with one attached hydrogen (secondary N) is 1. The monoisotopic (exact) mass is 150 g/mol. The molecule has 9 heavy (non-hydrogen) atoms. The lowest BCUT2D eigenvalue weighted by Gasteiger charge is -1.61. The minimum atomic E-state index is -3.13. The maximum absolute atomic E-state index is 8.74. The second-order valence-electron chi connectivity index (χ2n) is 1.04. The Morgan fingerprint density at radius 2 is 2.11 bits per heavy atom. The topological polar surface area (TPSA) is 86.2 Å². The number of nitrogens with zero attached hydrogens (tertiary/aromatic N) is 1. The number of aromatic nitrogens is 2. The average Bonchev–Trinajstić information content (AvgIpc) is 2.11. The molecule has 1 heterocycles. The van der Waals surface area contributed by atoms with Gasteiger partial charge in [0.2, 0.25) is 0 Å². The molecule has 0 aliphatic heterocycles. The predicted octanol–water partition coefficient (Wildman–Crippen LogP) is -0.230. The van der Waals surface area contributed by atoms with E-state index in [1.165, 1.54) is 0 Å². The van der Waals surface area contributed by atoms with Crippen molar-refractivity contribution < 1.29 is 14.4 Å². The van der Waals surface area contributed by atoms with E-state index in [1.807, 2.05) is 0 Å². The first kappa shape index (κ1) is 8.36. The maximum Gasteiger partial charge on any atom is 0.314 e. The van der Waals surface area contributed by atoms with E-state index in [9.17, 15) is 0 Å². The van der Waals surface area contributed by atoms with Crippen LogP contribution in [0.2, 0.25) is 0 Å². The van der Waals surface area contributed by atoms with E-state index in [0.717, 1.165) is 0 Å². The van der Waals surface area contributed by atoms with Gasteiger partial charge in [-0.3, -0.25) is 4.57 Å². The molecule has 1 aromatic heterocycles. The fraction of sp³-hybridized carbons (Fsp3) is 0. The molecule has 0 saturated heterocycles. The summed E-state index contributed by atoms with van der Waals surface area (Å²) >= 11 is 0. The van der Waals surface area contributed by atoms with Crippen molar-refractivity contribution in [2.75, 3.05) is 0 Å². The molecule has 1 aromatic rings. The van der Waals surface area contributed by atoms with E-state index in [1.54, 1.807) is 18.7 Å². The lowest BCUT2D eigenvalue weighted by atomic mass is 11.0. The summed E-state index contributed by atoms with van der Waals surface area (Å²) < 4.78 is 8.74. The van der Waals surface area contributed by atoms with Crippen LogP contribution in [0.5, 0.6) is 0 Å². The molecule has 3 N–H and O–H groups in total. The Hall–Kier alpha value is -0.640. The van der Waals surface area contributed by atoms with Gasteiger partial charge in [-0.05, 0) is 0 Å². The smallest absolute Gasteiger partial charge is 0.314 e. The number of H-pyrrole nitrogens is 1. The molecule has 0 aliphatic rings. The van der Waals surface area contributed by atoms with Crippen LogP contribution in [0.1, 0.15) is 0 Å². The maximum atomic E-state index is 8.74. The predicted molar refractivity (Wildman–Crippen MR) is 32.0 cm³/mol. The molecular weight excluding hydrogens is 143 g/mol. The fourth-order valence-electron chi connectivity index (χ4n) is 0.215. The third-order valence-electron chi connectivity index (χ3n) is 0.406. The standard InChI is InChI=1S/C3H4N2.H3O3P/c1-2-5-3-4-1;1-4(2)3/h1-3H,(H,4,5);4H,(H2,1,2,3). The highest BCUT2D eigenvalue weighted by Gasteiger charge is 1.61. The summed E-state index contributed by atoms with van der Waals surface area (Å²) in [5.41, 5.74) is 0. The summed E-state index contributed by atoms with van der Waals surface area (Å²) in [5.74, 6) is 0. The van der Waals surface area contributed by atoms with Crippen molar-refractivity contribution in [2.45, 2.75) is 0 Å². The highest BCUT2D eigenvalue weighted by atomic mass is 31.1. The van der Waals surface area contributed by atoms with Crippen LogP contribution in [0.3, 0.4) is 0 Å². The van der Waals surface area contributed by atoms with Crippen molar-refractivity contribution in [2.24, 2.45) is 0 Å². The molecule has 0 saturated carbocycles. The van der Waals surface area contributed by atoms with Crippen LogP contribution < -0.4 is 0 Å². The van der Waals surface area contributed by atoms with Crippen molar-refractivity contribution in [1.82, 2.24) is 9.97 Å². The zero-order chi connectivity index (χ0) is 7.11. The van der Waals surface area contributed by atoms with Gasteiger partial charge >= 0.3 is 8.25 Å². The summed E-state index contributed by atoms with van der Waals surface area (Å²) in [5, 5.41) is 0. The highest BCUT2D eigenvalue weighted by molar-refractivity contribution is 7.30. The molecule has 0 amide bonds. The van der Waals surface area contributed by atoms with E-state index >= 15 is 0 Å². The molecule has 1 rings (SSSR count). The van der Waals surface area contributed by atoms with Crippen molar-refractivity contribution in [3.63, 3.8) is 0 Å². The van der Waals surface area contributed by atoms with Crippen LogP contribution in [-0.2, 0) is 4.57 Å². The molecule has 0 aliphatic carbocycles. The number of hydrogen-bond donors (Lipinski definition) is 3. The van der Waals surface area contributed by atoms with Gasteiger partial charge in [-0.2, -0.15) is 0 Å². The molecule has 52 valence electrons. The minimum absolute atomic E-state index is 1.62. The van der Waals surface area contributed by atoms with Gasteiger partial charge in [-0.1, -0.05) is 0 Å². The van der Waals surface area contributed by atoms with Gasteiger partial charge in [0.05, 0.1) is 6.33 Å². The van der Waals surface area contributed by atoms with E-state index < -0.39 is 8.25 Å². The lowest BCUT2D eigenvalue weighted by Crippen LogP contribution is -1.44. The summed E-state index contributed by atoms with van der Waals surface area (Å²) in [7, 11) is -3.13. The van der Waals surface area contributed by atoms with Gasteiger partial charge in [-0.25, -0.2) is 4.98 Å². The summed E-state index contributed by atoms with van der Waals surface area (Å²) in [4.78, 5) is 20.7. The molecule has 0 spiro atoms. The van der Waals surface area contributed by atoms with Gasteiger partial charge < -0.3 is 14.8 Å². The van der Waals surface area contributed by atoms with Crippen LogP contribution in [0, 0.1) is 0 Å². The van der Waals surface area contributed by atoms with Crippen LogP contribution in [-0.4, -0.2) is 19.8 Å². The van der Waals surface area contributed by atoms with Crippen LogP contribution in [0.4, 0.5) is 0 Å². The van der Waals surface area contributed by atoms with Gasteiger partial charge in [0.25, 0.3) is 0 Å². The first-order valence-corrected chi connectivity index (χ1v) is 3.38. The normalized spacial score (nSPS) is 8.33. The van der Waals surface area contributed by atoms with Gasteiger partial charge in [0.1, 0.15) is 0 Å². The Morgan fingerprint density at radius 3 is 2.22 bits per heavy atom. The number of imidazole rings is 1. The Kier molecular flexibility index (Phi) is 5.11. The lowest BCUT2D eigenvalue weighted by molar-refractivity contribution is 0.405. The van der Waals surface area contributed by atoms with E-state index in [0.29, 0.717) is 0 Å². The van der Waals surface area contributed by atoms with Crippen LogP contribution >= 0.6 is 8.25 Å². The highest BCUT2D eigenvalue weighted by Crippen LogP contribution is 1.98. The largest absolute Gasteiger partial charge is 0.351 e. The quantitative estimate of drug-likeness (QED) is 0.446. The summed E-state index contributed by atoms with van der Waals surface area (Å²) in [6.45, 7) is 0. The third kappa shape index (κ3) is 11.1. The molecule has 6 heteroatoms. The number of hydrogen-bond acceptors (Lipinski definition) is 2. The van der Waals surface area contributed by atoms with E-state index in [2.05, 4.69) is 9.97 Å². The number of aromatic amines is 1.